The monoisotopic (exact) mass is 601 g/mol. The quantitative estimate of drug-likeness (QED) is 0.184. The van der Waals surface area contributed by atoms with Gasteiger partial charge in [-0.05, 0) is 114 Å². The van der Waals surface area contributed by atoms with Gasteiger partial charge in [-0.1, -0.05) is 135 Å². The molecule has 1 aromatic heterocycles. The number of benzene rings is 7. The van der Waals surface area contributed by atoms with Crippen molar-refractivity contribution in [1.29, 1.82) is 0 Å². The average molecular weight is 602 g/mol. The van der Waals surface area contributed by atoms with Crippen molar-refractivity contribution in [3.63, 3.8) is 0 Å². The zero-order valence-electron chi connectivity index (χ0n) is 27.0. The second kappa shape index (κ2) is 10.5. The Hall–Kier alpha value is -5.53. The van der Waals surface area contributed by atoms with Crippen LogP contribution in [0, 0.1) is 6.92 Å². The van der Waals surface area contributed by atoms with Gasteiger partial charge in [-0.3, -0.25) is 4.98 Å². The lowest BCUT2D eigenvalue weighted by atomic mass is 9.66. The first-order valence-corrected chi connectivity index (χ1v) is 16.6. The van der Waals surface area contributed by atoms with E-state index in [1.807, 2.05) is 13.0 Å². The van der Waals surface area contributed by atoms with Gasteiger partial charge in [-0.25, -0.2) is 0 Å². The first-order valence-electron chi connectivity index (χ1n) is 16.6. The topological polar surface area (TPSA) is 12.9 Å². The highest BCUT2D eigenvalue weighted by Gasteiger charge is 2.35. The van der Waals surface area contributed by atoms with Gasteiger partial charge in [-0.2, -0.15) is 0 Å². The summed E-state index contributed by atoms with van der Waals surface area (Å²) >= 11 is 0. The third-order valence-corrected chi connectivity index (χ3v) is 10.4. The minimum atomic E-state index is -0.159. The average Bonchev–Trinajstić information content (AvgIpc) is 3.11. The van der Waals surface area contributed by atoms with Crippen LogP contribution in [0.2, 0.25) is 0 Å². The van der Waals surface area contributed by atoms with Gasteiger partial charge in [0, 0.05) is 16.7 Å². The van der Waals surface area contributed by atoms with Crippen molar-refractivity contribution in [2.24, 2.45) is 0 Å². The minimum Gasteiger partial charge on any atom is -0.253 e. The number of nitrogens with zero attached hydrogens (tertiary/aromatic N) is 1. The highest BCUT2D eigenvalue weighted by atomic mass is 14.7. The molecule has 8 aromatic rings. The fourth-order valence-electron chi connectivity index (χ4n) is 8.15. The Morgan fingerprint density at radius 2 is 1.02 bits per heavy atom. The fraction of sp³-hybridized carbons (Fsp3) is 0.109. The summed E-state index contributed by atoms with van der Waals surface area (Å²) in [6, 6.07) is 53.7. The molecule has 47 heavy (non-hydrogen) atoms. The lowest BCUT2D eigenvalue weighted by molar-refractivity contribution is 0.617. The number of fused-ring (bicyclic) bond motifs is 9. The van der Waals surface area contributed by atoms with Crippen LogP contribution in [-0.2, 0) is 11.8 Å². The van der Waals surface area contributed by atoms with Crippen molar-refractivity contribution in [3.05, 3.63) is 174 Å². The summed E-state index contributed by atoms with van der Waals surface area (Å²) in [6.07, 6.45) is 0.955. The van der Waals surface area contributed by atoms with Gasteiger partial charge in [0.05, 0.1) is 5.69 Å². The van der Waals surface area contributed by atoms with E-state index in [1.165, 1.54) is 76.8 Å². The molecule has 7 aromatic carbocycles. The molecule has 0 spiro atoms. The Morgan fingerprint density at radius 3 is 1.72 bits per heavy atom. The van der Waals surface area contributed by atoms with Crippen LogP contribution < -0.4 is 0 Å². The van der Waals surface area contributed by atoms with E-state index < -0.39 is 0 Å². The van der Waals surface area contributed by atoms with Crippen molar-refractivity contribution >= 4 is 32.3 Å². The first-order chi connectivity index (χ1) is 23.0. The predicted octanol–water partition coefficient (Wildman–Crippen LogP) is 12.1. The maximum absolute atomic E-state index is 4.74. The molecule has 0 atom stereocenters. The summed E-state index contributed by atoms with van der Waals surface area (Å²) < 4.78 is 0. The Labute approximate surface area is 276 Å². The summed E-state index contributed by atoms with van der Waals surface area (Å²) in [4.78, 5) is 4.74. The molecule has 0 amide bonds. The molecule has 224 valence electrons. The maximum atomic E-state index is 4.74. The van der Waals surface area contributed by atoms with Gasteiger partial charge >= 0.3 is 0 Å². The van der Waals surface area contributed by atoms with Gasteiger partial charge in [0.2, 0.25) is 0 Å². The van der Waals surface area contributed by atoms with E-state index in [2.05, 4.69) is 153 Å². The van der Waals surface area contributed by atoms with Crippen LogP contribution in [0.3, 0.4) is 0 Å². The Balaban J connectivity index is 1.13. The van der Waals surface area contributed by atoms with Gasteiger partial charge in [0.25, 0.3) is 0 Å². The molecule has 0 N–H and O–H groups in total. The molecule has 0 saturated heterocycles. The van der Waals surface area contributed by atoms with Crippen molar-refractivity contribution in [2.45, 2.75) is 32.6 Å². The van der Waals surface area contributed by atoms with E-state index in [4.69, 9.17) is 4.98 Å². The number of hydrogen-bond donors (Lipinski definition) is 0. The van der Waals surface area contributed by atoms with Crippen LogP contribution >= 0.6 is 0 Å². The number of aryl methyl sites for hydroxylation is 1. The molecular formula is C46H35N. The normalized spacial score (nSPS) is 13.5. The molecule has 0 aliphatic heterocycles. The van der Waals surface area contributed by atoms with E-state index in [0.29, 0.717) is 0 Å². The summed E-state index contributed by atoms with van der Waals surface area (Å²) in [5.74, 6) is 0. The second-order valence-electron chi connectivity index (χ2n) is 13.6. The van der Waals surface area contributed by atoms with Gasteiger partial charge in [0.15, 0.2) is 0 Å². The SMILES string of the molecule is Cc1cccc(-c2cccc(-c3ccc(-c4ccc5c(c4)C(C)(C)c4c(ccc6c7ccccc7c7ccccc7c46)C5)cc3)c2)n1. The van der Waals surface area contributed by atoms with Crippen molar-refractivity contribution < 1.29 is 0 Å². The minimum absolute atomic E-state index is 0.159. The number of pyridine rings is 1. The highest BCUT2D eigenvalue weighted by molar-refractivity contribution is 6.26. The van der Waals surface area contributed by atoms with Crippen molar-refractivity contribution in [2.75, 3.05) is 0 Å². The third-order valence-electron chi connectivity index (χ3n) is 10.4. The highest BCUT2D eigenvalue weighted by Crippen LogP contribution is 2.49. The zero-order chi connectivity index (χ0) is 31.7. The van der Waals surface area contributed by atoms with Crippen LogP contribution in [0.4, 0.5) is 0 Å². The zero-order valence-corrected chi connectivity index (χ0v) is 27.0. The van der Waals surface area contributed by atoms with Crippen LogP contribution in [0.1, 0.15) is 41.8 Å². The molecule has 0 fully saturated rings. The van der Waals surface area contributed by atoms with Crippen LogP contribution in [0.25, 0.3) is 65.8 Å². The molecule has 9 rings (SSSR count). The fourth-order valence-corrected chi connectivity index (χ4v) is 8.15. The van der Waals surface area contributed by atoms with Gasteiger partial charge < -0.3 is 0 Å². The molecule has 0 unspecified atom stereocenters. The molecule has 0 saturated carbocycles. The maximum Gasteiger partial charge on any atom is 0.0705 e. The summed E-state index contributed by atoms with van der Waals surface area (Å²) in [6.45, 7) is 6.89. The van der Waals surface area contributed by atoms with E-state index in [-0.39, 0.29) is 5.41 Å². The Morgan fingerprint density at radius 1 is 0.468 bits per heavy atom. The molecule has 1 aliphatic carbocycles. The van der Waals surface area contributed by atoms with E-state index in [9.17, 15) is 0 Å². The molecule has 1 nitrogen and oxygen atoms in total. The Kier molecular flexibility index (Phi) is 6.20. The number of aromatic nitrogens is 1. The van der Waals surface area contributed by atoms with E-state index in [0.717, 1.165) is 23.4 Å². The summed E-state index contributed by atoms with van der Waals surface area (Å²) in [5, 5.41) is 8.10. The Bertz CT molecular complexity index is 2480. The number of hydrogen-bond acceptors (Lipinski definition) is 1. The lowest BCUT2D eigenvalue weighted by Crippen LogP contribution is -2.27. The molecule has 0 bridgehead atoms. The van der Waals surface area contributed by atoms with Crippen LogP contribution in [-0.4, -0.2) is 4.98 Å². The molecule has 1 aliphatic rings. The van der Waals surface area contributed by atoms with Crippen LogP contribution in [0.15, 0.2) is 146 Å². The molecule has 0 radical (unpaired) electrons. The van der Waals surface area contributed by atoms with E-state index in [1.54, 1.807) is 0 Å². The second-order valence-corrected chi connectivity index (χ2v) is 13.6. The van der Waals surface area contributed by atoms with E-state index >= 15 is 0 Å². The van der Waals surface area contributed by atoms with Crippen molar-refractivity contribution in [3.8, 4) is 33.5 Å². The molecule has 1 heterocycles. The largest absolute Gasteiger partial charge is 0.253 e. The smallest absolute Gasteiger partial charge is 0.0705 e. The predicted molar refractivity (Wildman–Crippen MR) is 199 cm³/mol. The summed E-state index contributed by atoms with van der Waals surface area (Å²) in [5.41, 5.74) is 13.7. The standard InChI is InChI=1S/C46H35N/c1-29-10-8-17-43(47-29)35-12-9-11-32(26-35)30-18-20-31(21-19-30)33-22-23-34-27-36-24-25-41-39-15-5-4-13-37(39)38-14-6-7-16-40(38)44(41)45(36)46(2,3)42(34)28-33/h4-26,28H,27H2,1-3H3. The van der Waals surface area contributed by atoms with Crippen LogP contribution in [0.5, 0.6) is 0 Å². The lowest BCUT2D eigenvalue weighted by Gasteiger charge is -2.37. The molecular weight excluding hydrogens is 567 g/mol. The third kappa shape index (κ3) is 4.42. The molecule has 1 heteroatoms. The summed E-state index contributed by atoms with van der Waals surface area (Å²) in [7, 11) is 0. The first kappa shape index (κ1) is 27.8. The van der Waals surface area contributed by atoms with Gasteiger partial charge in [0.1, 0.15) is 0 Å². The van der Waals surface area contributed by atoms with Crippen molar-refractivity contribution in [1.82, 2.24) is 4.98 Å². The number of rotatable bonds is 3. The van der Waals surface area contributed by atoms with Gasteiger partial charge in [-0.15, -0.1) is 0 Å².